The third kappa shape index (κ3) is 4.41. The molecule has 2 heterocycles. The van der Waals surface area contributed by atoms with Gasteiger partial charge in [-0.05, 0) is 40.8 Å². The first kappa shape index (κ1) is 18.4. The topological polar surface area (TPSA) is 104 Å². The lowest BCUT2D eigenvalue weighted by Crippen LogP contribution is -2.24. The van der Waals surface area contributed by atoms with Gasteiger partial charge in [0.1, 0.15) is 11.8 Å². The number of ether oxygens (including phenoxy) is 2. The summed E-state index contributed by atoms with van der Waals surface area (Å²) in [4.78, 5) is 27.7. The van der Waals surface area contributed by atoms with Gasteiger partial charge < -0.3 is 19.3 Å². The number of nitrogens with zero attached hydrogens (tertiary/aromatic N) is 2. The minimum atomic E-state index is -0.699. The molecule has 0 saturated carbocycles. The molecule has 0 spiro atoms. The van der Waals surface area contributed by atoms with Gasteiger partial charge in [-0.25, -0.2) is 4.79 Å². The molecule has 26 heavy (non-hydrogen) atoms. The second-order valence-corrected chi connectivity index (χ2v) is 6.52. The van der Waals surface area contributed by atoms with Gasteiger partial charge in [0.2, 0.25) is 0 Å². The quantitative estimate of drug-likeness (QED) is 0.421. The minimum Gasteiger partial charge on any atom is -0.478 e. The van der Waals surface area contributed by atoms with Crippen LogP contribution in [0, 0.1) is 3.57 Å². The van der Waals surface area contributed by atoms with Crippen LogP contribution in [0.4, 0.5) is 5.82 Å². The zero-order valence-corrected chi connectivity index (χ0v) is 16.0. The van der Waals surface area contributed by atoms with Crippen LogP contribution in [0.3, 0.4) is 0 Å². The van der Waals surface area contributed by atoms with Crippen LogP contribution in [0.25, 0.3) is 10.9 Å². The molecule has 0 aliphatic rings. The summed E-state index contributed by atoms with van der Waals surface area (Å²) in [5.41, 5.74) is 0.543. The number of hydrogen-bond acceptors (Lipinski definition) is 7. The molecule has 1 aromatic carbocycles. The number of aromatic nitrogens is 2. The van der Waals surface area contributed by atoms with Crippen LogP contribution in [0.15, 0.2) is 41.2 Å². The van der Waals surface area contributed by atoms with Gasteiger partial charge in [-0.1, -0.05) is 16.8 Å². The summed E-state index contributed by atoms with van der Waals surface area (Å²) in [7, 11) is 0. The van der Waals surface area contributed by atoms with Gasteiger partial charge in [0, 0.05) is 17.6 Å². The number of anilines is 1. The largest absolute Gasteiger partial charge is 0.478 e. The van der Waals surface area contributed by atoms with Gasteiger partial charge in [-0.3, -0.25) is 9.78 Å². The molecule has 3 aromatic rings. The first-order chi connectivity index (χ1) is 12.5. The highest BCUT2D eigenvalue weighted by Crippen LogP contribution is 2.34. The molecule has 0 aliphatic heterocycles. The Morgan fingerprint density at radius 2 is 2.15 bits per heavy atom. The molecule has 0 unspecified atom stereocenters. The summed E-state index contributed by atoms with van der Waals surface area (Å²) >= 11 is 8.23. The van der Waals surface area contributed by atoms with Crippen molar-refractivity contribution in [1.29, 1.82) is 0 Å². The van der Waals surface area contributed by atoms with Gasteiger partial charge in [-0.2, -0.15) is 0 Å². The highest BCUT2D eigenvalue weighted by Gasteiger charge is 2.15. The predicted molar refractivity (Wildman–Crippen MR) is 101 cm³/mol. The van der Waals surface area contributed by atoms with E-state index in [0.29, 0.717) is 25.2 Å². The van der Waals surface area contributed by atoms with Crippen molar-refractivity contribution in [2.45, 2.75) is 0 Å². The van der Waals surface area contributed by atoms with Crippen LogP contribution in [0.1, 0.15) is 0 Å². The lowest BCUT2D eigenvalue weighted by atomic mass is 10.2. The van der Waals surface area contributed by atoms with Crippen molar-refractivity contribution in [3.63, 3.8) is 0 Å². The van der Waals surface area contributed by atoms with E-state index in [-0.39, 0.29) is 12.4 Å². The average Bonchev–Trinajstić information content (AvgIpc) is 3.12. The molecule has 134 valence electrons. The van der Waals surface area contributed by atoms with Crippen LogP contribution in [-0.4, -0.2) is 35.2 Å². The van der Waals surface area contributed by atoms with Crippen LogP contribution < -0.4 is 10.1 Å². The molecule has 3 rings (SSSR count). The first-order valence-corrected chi connectivity index (χ1v) is 8.71. The number of esters is 1. The smallest absolute Gasteiger partial charge is 0.344 e. The van der Waals surface area contributed by atoms with Gasteiger partial charge >= 0.3 is 5.97 Å². The highest BCUT2D eigenvalue weighted by molar-refractivity contribution is 14.1. The fourth-order valence-electron chi connectivity index (χ4n) is 2.06. The number of benzene rings is 1. The molecule has 0 atom stereocenters. The first-order valence-electron chi connectivity index (χ1n) is 7.26. The molecule has 0 radical (unpaired) electrons. The van der Waals surface area contributed by atoms with Gasteiger partial charge in [0.15, 0.2) is 24.8 Å². The number of hydrogen-bond donors (Lipinski definition) is 1. The number of fused-ring (bicyclic) bond motifs is 1. The standard InChI is InChI=1S/C16H11ClIN3O5/c17-10-6-11(18)16(15-9(10)2-1-4-19-15)25-8-14(23)24-7-13(22)20-12-3-5-26-21-12/h1-6H,7-8H2,(H,20,21,22). The molecular formula is C16H11ClIN3O5. The fraction of sp³-hybridized carbons (Fsp3) is 0.125. The fourth-order valence-corrected chi connectivity index (χ4v) is 3.23. The lowest BCUT2D eigenvalue weighted by Gasteiger charge is -2.11. The van der Waals surface area contributed by atoms with E-state index in [2.05, 4.69) is 20.0 Å². The maximum absolute atomic E-state index is 11.8. The Labute approximate surface area is 165 Å². The molecule has 1 amide bonds. The van der Waals surface area contributed by atoms with Gasteiger partial charge in [0.05, 0.1) is 8.59 Å². The van der Waals surface area contributed by atoms with Gasteiger partial charge in [-0.15, -0.1) is 0 Å². The van der Waals surface area contributed by atoms with Crippen LogP contribution in [0.5, 0.6) is 5.75 Å². The van der Waals surface area contributed by atoms with E-state index in [9.17, 15) is 9.59 Å². The molecular weight excluding hydrogens is 477 g/mol. The van der Waals surface area contributed by atoms with E-state index in [4.69, 9.17) is 21.1 Å². The summed E-state index contributed by atoms with van der Waals surface area (Å²) < 4.78 is 15.7. The van der Waals surface area contributed by atoms with E-state index in [1.807, 2.05) is 22.6 Å². The van der Waals surface area contributed by atoms with Gasteiger partial charge in [0.25, 0.3) is 5.91 Å². The number of carbonyl (C=O) groups excluding carboxylic acids is 2. The van der Waals surface area contributed by atoms with E-state index >= 15 is 0 Å². The zero-order chi connectivity index (χ0) is 18.5. The summed E-state index contributed by atoms with van der Waals surface area (Å²) in [6.07, 6.45) is 2.91. The Bertz CT molecular complexity index is 948. The Morgan fingerprint density at radius 1 is 1.31 bits per heavy atom. The SMILES string of the molecule is O=C(COC(=O)COc1c(I)cc(Cl)c2cccnc12)Nc1ccon1. The van der Waals surface area contributed by atoms with Crippen molar-refractivity contribution < 1.29 is 23.6 Å². The monoisotopic (exact) mass is 487 g/mol. The average molecular weight is 488 g/mol. The van der Waals surface area contributed by atoms with E-state index in [1.54, 1.807) is 24.4 Å². The normalized spacial score (nSPS) is 10.5. The second kappa shape index (κ2) is 8.32. The Kier molecular flexibility index (Phi) is 5.89. The van der Waals surface area contributed by atoms with Crippen LogP contribution >= 0.6 is 34.2 Å². The molecule has 0 fully saturated rings. The summed E-state index contributed by atoms with van der Waals surface area (Å²) in [6, 6.07) is 6.74. The number of carbonyl (C=O) groups is 2. The highest BCUT2D eigenvalue weighted by atomic mass is 127. The maximum Gasteiger partial charge on any atom is 0.344 e. The summed E-state index contributed by atoms with van der Waals surface area (Å²) in [5.74, 6) is -0.583. The van der Waals surface area contributed by atoms with Crippen molar-refractivity contribution in [3.05, 3.63) is 45.3 Å². The predicted octanol–water partition coefficient (Wildman–Crippen LogP) is 3.04. The minimum absolute atomic E-state index is 0.232. The zero-order valence-electron chi connectivity index (χ0n) is 13.1. The Hall–Kier alpha value is -2.40. The van der Waals surface area contributed by atoms with Crippen molar-refractivity contribution >= 4 is 62.8 Å². The Balaban J connectivity index is 1.58. The molecule has 0 aliphatic carbocycles. The second-order valence-electron chi connectivity index (χ2n) is 4.95. The lowest BCUT2D eigenvalue weighted by molar-refractivity contribution is -0.149. The molecule has 10 heteroatoms. The van der Waals surface area contributed by atoms with Crippen LogP contribution in [0.2, 0.25) is 5.02 Å². The van der Waals surface area contributed by atoms with Crippen molar-refractivity contribution in [2.24, 2.45) is 0 Å². The number of rotatable bonds is 6. The number of amides is 1. The number of pyridine rings is 1. The molecule has 0 saturated heterocycles. The van der Waals surface area contributed by atoms with Crippen molar-refractivity contribution in [3.8, 4) is 5.75 Å². The molecule has 2 aromatic heterocycles. The maximum atomic E-state index is 11.8. The third-order valence-electron chi connectivity index (χ3n) is 3.15. The summed E-state index contributed by atoms with van der Waals surface area (Å²) in [5, 5.41) is 7.17. The number of halogens is 2. The summed E-state index contributed by atoms with van der Waals surface area (Å²) in [6.45, 7) is -0.841. The molecule has 0 bridgehead atoms. The van der Waals surface area contributed by atoms with E-state index in [0.717, 1.165) is 0 Å². The number of nitrogens with one attached hydrogen (secondary N) is 1. The van der Waals surface area contributed by atoms with Crippen LogP contribution in [-0.2, 0) is 14.3 Å². The van der Waals surface area contributed by atoms with Crippen molar-refractivity contribution in [2.75, 3.05) is 18.5 Å². The van der Waals surface area contributed by atoms with Crippen molar-refractivity contribution in [1.82, 2.24) is 10.1 Å². The third-order valence-corrected chi connectivity index (χ3v) is 4.27. The molecule has 8 nitrogen and oxygen atoms in total. The van der Waals surface area contributed by atoms with E-state index in [1.165, 1.54) is 12.3 Å². The Morgan fingerprint density at radius 3 is 2.92 bits per heavy atom. The molecule has 1 N–H and O–H groups in total. The van der Waals surface area contributed by atoms with E-state index < -0.39 is 18.5 Å².